The van der Waals surface area contributed by atoms with Gasteiger partial charge in [0.05, 0.1) is 7.11 Å². The number of nitrogens with one attached hydrogen (secondary N) is 1. The number of hydrogen-bond acceptors (Lipinski definition) is 3. The zero-order chi connectivity index (χ0) is 14.6. The zero-order valence-corrected chi connectivity index (χ0v) is 13.5. The predicted molar refractivity (Wildman–Crippen MR) is 78.9 cm³/mol. The first-order valence-corrected chi connectivity index (χ1v) is 7.67. The van der Waals surface area contributed by atoms with Crippen molar-refractivity contribution in [2.24, 2.45) is 23.7 Å². The summed E-state index contributed by atoms with van der Waals surface area (Å²) in [6.45, 7) is 11.9. The van der Waals surface area contributed by atoms with Crippen LogP contribution in [0.15, 0.2) is 0 Å². The molecule has 3 atom stereocenters. The van der Waals surface area contributed by atoms with E-state index in [0.717, 1.165) is 19.4 Å². The van der Waals surface area contributed by atoms with Gasteiger partial charge in [-0.3, -0.25) is 4.79 Å². The van der Waals surface area contributed by atoms with Crippen LogP contribution in [0.25, 0.3) is 0 Å². The van der Waals surface area contributed by atoms with Crippen molar-refractivity contribution in [2.45, 2.75) is 59.4 Å². The average Bonchev–Trinajstić information content (AvgIpc) is 2.34. The second kappa shape index (κ2) is 6.74. The van der Waals surface area contributed by atoms with Gasteiger partial charge in [-0.05, 0) is 43.1 Å². The van der Waals surface area contributed by atoms with Gasteiger partial charge >= 0.3 is 5.97 Å². The van der Waals surface area contributed by atoms with Crippen LogP contribution < -0.4 is 5.32 Å². The molecule has 0 bridgehead atoms. The number of esters is 1. The lowest BCUT2D eigenvalue weighted by molar-refractivity contribution is -0.155. The first kappa shape index (κ1) is 16.5. The third kappa shape index (κ3) is 3.71. The van der Waals surface area contributed by atoms with Gasteiger partial charge < -0.3 is 10.1 Å². The van der Waals surface area contributed by atoms with Gasteiger partial charge in [-0.15, -0.1) is 0 Å². The largest absolute Gasteiger partial charge is 0.468 e. The number of carbonyl (C=O) groups is 1. The fourth-order valence-electron chi connectivity index (χ4n) is 3.49. The molecule has 0 aromatic carbocycles. The Kier molecular flexibility index (Phi) is 5.84. The van der Waals surface area contributed by atoms with E-state index in [-0.39, 0.29) is 5.97 Å². The molecule has 0 amide bonds. The Morgan fingerprint density at radius 3 is 2.42 bits per heavy atom. The molecular weight excluding hydrogens is 238 g/mol. The SMILES string of the molecule is COC(=O)C1(NCC(C)C)CC(C)CCC1C(C)C. The number of rotatable bonds is 5. The van der Waals surface area contributed by atoms with Crippen molar-refractivity contribution in [3.63, 3.8) is 0 Å². The molecule has 3 heteroatoms. The fraction of sp³-hybridized carbons (Fsp3) is 0.938. The van der Waals surface area contributed by atoms with E-state index in [9.17, 15) is 4.79 Å². The first-order chi connectivity index (χ1) is 8.83. The molecule has 0 heterocycles. The van der Waals surface area contributed by atoms with E-state index in [1.54, 1.807) is 0 Å². The van der Waals surface area contributed by atoms with Gasteiger partial charge in [0.2, 0.25) is 0 Å². The predicted octanol–water partition coefficient (Wildman–Crippen LogP) is 3.24. The molecule has 0 aliphatic heterocycles. The molecule has 0 aromatic heterocycles. The van der Waals surface area contributed by atoms with Gasteiger partial charge in [0.1, 0.15) is 5.54 Å². The highest BCUT2D eigenvalue weighted by atomic mass is 16.5. The van der Waals surface area contributed by atoms with Crippen LogP contribution in [0, 0.1) is 23.7 Å². The minimum absolute atomic E-state index is 0.0709. The summed E-state index contributed by atoms with van der Waals surface area (Å²) in [4.78, 5) is 12.5. The zero-order valence-electron chi connectivity index (χ0n) is 13.5. The summed E-state index contributed by atoms with van der Waals surface area (Å²) in [5.74, 6) is 1.90. The molecule has 0 aromatic rings. The van der Waals surface area contributed by atoms with Crippen molar-refractivity contribution >= 4 is 5.97 Å². The lowest BCUT2D eigenvalue weighted by Gasteiger charge is -2.47. The van der Waals surface area contributed by atoms with Gasteiger partial charge in [0, 0.05) is 0 Å². The topological polar surface area (TPSA) is 38.3 Å². The van der Waals surface area contributed by atoms with Crippen molar-refractivity contribution < 1.29 is 9.53 Å². The summed E-state index contributed by atoms with van der Waals surface area (Å²) >= 11 is 0. The normalized spacial score (nSPS) is 31.8. The number of methoxy groups -OCH3 is 1. The van der Waals surface area contributed by atoms with Gasteiger partial charge in [-0.2, -0.15) is 0 Å². The van der Waals surface area contributed by atoms with Crippen molar-refractivity contribution in [1.82, 2.24) is 5.32 Å². The Morgan fingerprint density at radius 1 is 1.32 bits per heavy atom. The van der Waals surface area contributed by atoms with Crippen molar-refractivity contribution in [1.29, 1.82) is 0 Å². The van der Waals surface area contributed by atoms with Crippen molar-refractivity contribution in [3.8, 4) is 0 Å². The molecule has 3 nitrogen and oxygen atoms in total. The quantitative estimate of drug-likeness (QED) is 0.779. The van der Waals surface area contributed by atoms with Gasteiger partial charge in [0.15, 0.2) is 0 Å². The molecule has 19 heavy (non-hydrogen) atoms. The summed E-state index contributed by atoms with van der Waals surface area (Å²) in [5, 5.41) is 3.57. The summed E-state index contributed by atoms with van der Waals surface area (Å²) in [7, 11) is 1.51. The molecule has 1 aliphatic carbocycles. The van der Waals surface area contributed by atoms with Crippen LogP contribution in [0.1, 0.15) is 53.9 Å². The summed E-state index contributed by atoms with van der Waals surface area (Å²) < 4.78 is 5.15. The van der Waals surface area contributed by atoms with Crippen molar-refractivity contribution in [2.75, 3.05) is 13.7 Å². The van der Waals surface area contributed by atoms with Gasteiger partial charge in [-0.25, -0.2) is 0 Å². The second-order valence-corrected chi connectivity index (χ2v) is 6.97. The molecule has 1 fully saturated rings. The maximum atomic E-state index is 12.5. The number of hydrogen-bond donors (Lipinski definition) is 1. The number of ether oxygens (including phenoxy) is 1. The van der Waals surface area contributed by atoms with E-state index >= 15 is 0 Å². The maximum absolute atomic E-state index is 12.5. The van der Waals surface area contributed by atoms with Crippen LogP contribution in [0.3, 0.4) is 0 Å². The Hall–Kier alpha value is -0.570. The van der Waals surface area contributed by atoms with Crippen LogP contribution >= 0.6 is 0 Å². The van der Waals surface area contributed by atoms with Crippen LogP contribution in [0.5, 0.6) is 0 Å². The van der Waals surface area contributed by atoms with E-state index in [1.807, 2.05) is 0 Å². The third-order valence-electron chi connectivity index (χ3n) is 4.45. The fourth-order valence-corrected chi connectivity index (χ4v) is 3.49. The Labute approximate surface area is 118 Å². The molecule has 1 saturated carbocycles. The van der Waals surface area contributed by atoms with Crippen LogP contribution in [-0.4, -0.2) is 25.2 Å². The average molecular weight is 269 g/mol. The van der Waals surface area contributed by atoms with E-state index in [1.165, 1.54) is 13.5 Å². The monoisotopic (exact) mass is 269 g/mol. The highest BCUT2D eigenvalue weighted by Gasteiger charge is 2.50. The highest BCUT2D eigenvalue weighted by molar-refractivity contribution is 5.81. The molecule has 1 rings (SSSR count). The van der Waals surface area contributed by atoms with Crippen LogP contribution in [0.4, 0.5) is 0 Å². The standard InChI is InChI=1S/C16H31NO2/c1-11(2)10-17-16(15(18)19-6)9-13(5)7-8-14(16)12(3)4/h11-14,17H,7-10H2,1-6H3. The highest BCUT2D eigenvalue weighted by Crippen LogP contribution is 2.41. The third-order valence-corrected chi connectivity index (χ3v) is 4.45. The molecule has 0 spiro atoms. The van der Waals surface area contributed by atoms with E-state index in [0.29, 0.717) is 23.7 Å². The van der Waals surface area contributed by atoms with E-state index in [2.05, 4.69) is 39.9 Å². The second-order valence-electron chi connectivity index (χ2n) is 6.97. The molecule has 1 N–H and O–H groups in total. The molecule has 1 aliphatic rings. The van der Waals surface area contributed by atoms with E-state index < -0.39 is 5.54 Å². The molecular formula is C16H31NO2. The lowest BCUT2D eigenvalue weighted by atomic mass is 9.64. The summed E-state index contributed by atoms with van der Waals surface area (Å²) in [6.07, 6.45) is 3.22. The smallest absolute Gasteiger partial charge is 0.326 e. The van der Waals surface area contributed by atoms with Gasteiger partial charge in [0.25, 0.3) is 0 Å². The lowest BCUT2D eigenvalue weighted by Crippen LogP contribution is -2.62. The molecule has 0 radical (unpaired) electrons. The minimum atomic E-state index is -0.481. The Balaban J connectivity index is 3.03. The maximum Gasteiger partial charge on any atom is 0.326 e. The Bertz CT molecular complexity index is 301. The molecule has 3 unspecified atom stereocenters. The summed E-state index contributed by atoms with van der Waals surface area (Å²) in [6, 6.07) is 0. The van der Waals surface area contributed by atoms with Crippen LogP contribution in [-0.2, 0) is 9.53 Å². The minimum Gasteiger partial charge on any atom is -0.468 e. The van der Waals surface area contributed by atoms with Crippen molar-refractivity contribution in [3.05, 3.63) is 0 Å². The first-order valence-electron chi connectivity index (χ1n) is 7.67. The Morgan fingerprint density at radius 2 is 1.95 bits per heavy atom. The number of carbonyl (C=O) groups excluding carboxylic acids is 1. The summed E-state index contributed by atoms with van der Waals surface area (Å²) in [5.41, 5.74) is -0.481. The van der Waals surface area contributed by atoms with E-state index in [4.69, 9.17) is 4.74 Å². The van der Waals surface area contributed by atoms with Gasteiger partial charge in [-0.1, -0.05) is 41.0 Å². The van der Waals surface area contributed by atoms with Crippen LogP contribution in [0.2, 0.25) is 0 Å². The molecule has 112 valence electrons. The molecule has 0 saturated heterocycles.